The Balaban J connectivity index is 2.42. The van der Waals surface area contributed by atoms with Gasteiger partial charge in [0.25, 0.3) is 0 Å². The number of thioether (sulfide) groups is 1. The van der Waals surface area contributed by atoms with Crippen molar-refractivity contribution in [1.29, 1.82) is 0 Å². The molecule has 1 aromatic rings. The Bertz CT molecular complexity index is 432. The molecule has 0 aliphatic carbocycles. The summed E-state index contributed by atoms with van der Waals surface area (Å²) in [5.74, 6) is 1.13. The number of rotatable bonds is 7. The van der Waals surface area contributed by atoms with Gasteiger partial charge in [-0.25, -0.2) is 0 Å². The van der Waals surface area contributed by atoms with Gasteiger partial charge in [0.2, 0.25) is 5.91 Å². The van der Waals surface area contributed by atoms with E-state index in [0.29, 0.717) is 18.5 Å². The molecule has 0 bridgehead atoms. The number of nitrogens with one attached hydrogen (secondary N) is 1. The summed E-state index contributed by atoms with van der Waals surface area (Å²) in [5.41, 5.74) is 6.99. The number of oxime groups is 1. The van der Waals surface area contributed by atoms with Gasteiger partial charge in [0.15, 0.2) is 5.84 Å². The average Bonchev–Trinajstić information content (AvgIpc) is 2.43. The Hall–Kier alpha value is -1.69. The number of nitrogens with two attached hydrogens (primary N) is 1. The van der Waals surface area contributed by atoms with Gasteiger partial charge in [0.1, 0.15) is 0 Å². The van der Waals surface area contributed by atoms with E-state index in [0.717, 1.165) is 17.7 Å². The van der Waals surface area contributed by atoms with Crippen LogP contribution in [0.5, 0.6) is 0 Å². The second kappa shape index (κ2) is 8.42. The highest BCUT2D eigenvalue weighted by Crippen LogP contribution is 2.05. The summed E-state index contributed by atoms with van der Waals surface area (Å²) in [5, 5.41) is 14.3. The lowest BCUT2D eigenvalue weighted by Gasteiger charge is -2.05. The highest BCUT2D eigenvalue weighted by atomic mass is 32.2. The Kier molecular flexibility index (Phi) is 6.81. The number of carbonyl (C=O) groups excluding carboxylic acids is 1. The molecule has 0 aromatic heterocycles. The Morgan fingerprint density at radius 2 is 2.11 bits per heavy atom. The molecule has 0 fully saturated rings. The van der Waals surface area contributed by atoms with Crippen LogP contribution in [0.15, 0.2) is 29.4 Å². The van der Waals surface area contributed by atoms with E-state index < -0.39 is 0 Å². The van der Waals surface area contributed by atoms with Crippen LogP contribution < -0.4 is 11.1 Å². The fourth-order valence-corrected chi connectivity index (χ4v) is 1.98. The third kappa shape index (κ3) is 5.65. The second-order valence-corrected chi connectivity index (χ2v) is 5.04. The molecule has 0 aliphatic heterocycles. The number of benzene rings is 1. The molecular weight excluding hydrogens is 262 g/mol. The molecule has 104 valence electrons. The summed E-state index contributed by atoms with van der Waals surface area (Å²) < 4.78 is 0. The van der Waals surface area contributed by atoms with E-state index in [1.165, 1.54) is 0 Å². The zero-order chi connectivity index (χ0) is 14.1. The Morgan fingerprint density at radius 3 is 2.68 bits per heavy atom. The van der Waals surface area contributed by atoms with Crippen molar-refractivity contribution in [3.05, 3.63) is 35.4 Å². The SMILES string of the molecule is CSCCCNC(=O)Cc1ccc(C(N)=NO)cc1. The van der Waals surface area contributed by atoms with E-state index in [2.05, 4.69) is 10.5 Å². The molecule has 0 saturated carbocycles. The van der Waals surface area contributed by atoms with Gasteiger partial charge in [-0.1, -0.05) is 29.4 Å². The number of nitrogens with zero attached hydrogens (tertiary/aromatic N) is 1. The predicted molar refractivity (Wildman–Crippen MR) is 78.7 cm³/mol. The first-order valence-corrected chi connectivity index (χ1v) is 7.39. The molecule has 1 aromatic carbocycles. The van der Waals surface area contributed by atoms with E-state index in [1.807, 2.05) is 6.26 Å². The van der Waals surface area contributed by atoms with Crippen molar-refractivity contribution in [2.24, 2.45) is 10.9 Å². The molecule has 0 spiro atoms. The van der Waals surface area contributed by atoms with Crippen molar-refractivity contribution >= 4 is 23.5 Å². The third-order valence-corrected chi connectivity index (χ3v) is 3.27. The molecule has 0 aliphatic rings. The lowest BCUT2D eigenvalue weighted by molar-refractivity contribution is -0.120. The number of hydrogen-bond acceptors (Lipinski definition) is 4. The molecule has 0 heterocycles. The van der Waals surface area contributed by atoms with E-state index in [-0.39, 0.29) is 11.7 Å². The van der Waals surface area contributed by atoms with Crippen LogP contribution in [0.3, 0.4) is 0 Å². The molecule has 1 rings (SSSR count). The summed E-state index contributed by atoms with van der Waals surface area (Å²) in [7, 11) is 0. The van der Waals surface area contributed by atoms with Crippen LogP contribution in [0.25, 0.3) is 0 Å². The third-order valence-electron chi connectivity index (χ3n) is 2.57. The van der Waals surface area contributed by atoms with E-state index in [9.17, 15) is 4.79 Å². The first kappa shape index (κ1) is 15.4. The van der Waals surface area contributed by atoms with Crippen LogP contribution >= 0.6 is 11.8 Å². The van der Waals surface area contributed by atoms with E-state index >= 15 is 0 Å². The van der Waals surface area contributed by atoms with Gasteiger partial charge in [-0.05, 0) is 24.0 Å². The molecule has 0 radical (unpaired) electrons. The maximum absolute atomic E-state index is 11.6. The number of hydrogen-bond donors (Lipinski definition) is 3. The summed E-state index contributed by atoms with van der Waals surface area (Å²) in [4.78, 5) is 11.6. The van der Waals surface area contributed by atoms with Crippen LogP contribution in [-0.4, -0.2) is 35.5 Å². The zero-order valence-electron chi connectivity index (χ0n) is 10.9. The number of amidine groups is 1. The minimum atomic E-state index is 0.0117. The fraction of sp³-hybridized carbons (Fsp3) is 0.385. The van der Waals surface area contributed by atoms with Gasteiger partial charge in [-0.2, -0.15) is 11.8 Å². The molecular formula is C13H19N3O2S. The van der Waals surface area contributed by atoms with Crippen molar-refractivity contribution in [3.63, 3.8) is 0 Å². The zero-order valence-corrected chi connectivity index (χ0v) is 11.7. The normalized spacial score (nSPS) is 11.3. The topological polar surface area (TPSA) is 87.7 Å². The van der Waals surface area contributed by atoms with Crippen LogP contribution in [-0.2, 0) is 11.2 Å². The standard InChI is InChI=1S/C13H19N3O2S/c1-19-8-2-7-15-12(17)9-10-3-5-11(6-4-10)13(14)16-18/h3-6,18H,2,7-9H2,1H3,(H2,14,16)(H,15,17). The summed E-state index contributed by atoms with van der Waals surface area (Å²) >= 11 is 1.77. The maximum atomic E-state index is 11.6. The fourth-order valence-electron chi connectivity index (χ4n) is 1.54. The monoisotopic (exact) mass is 281 g/mol. The summed E-state index contributed by atoms with van der Waals surface area (Å²) in [6.07, 6.45) is 3.37. The first-order valence-electron chi connectivity index (χ1n) is 6.00. The molecule has 5 nitrogen and oxygen atoms in total. The van der Waals surface area contributed by atoms with Crippen molar-refractivity contribution < 1.29 is 10.0 Å². The lowest BCUT2D eigenvalue weighted by Crippen LogP contribution is -2.26. The Labute approximate surface area is 117 Å². The number of amides is 1. The average molecular weight is 281 g/mol. The van der Waals surface area contributed by atoms with Crippen molar-refractivity contribution in [1.82, 2.24) is 5.32 Å². The predicted octanol–water partition coefficient (Wildman–Crippen LogP) is 1.19. The van der Waals surface area contributed by atoms with Crippen molar-refractivity contribution in [3.8, 4) is 0 Å². The summed E-state index contributed by atoms with van der Waals surface area (Å²) in [6, 6.07) is 7.06. The second-order valence-electron chi connectivity index (χ2n) is 4.06. The quantitative estimate of drug-likeness (QED) is 0.230. The van der Waals surface area contributed by atoms with E-state index in [1.54, 1.807) is 36.0 Å². The van der Waals surface area contributed by atoms with Gasteiger partial charge in [-0.15, -0.1) is 0 Å². The Morgan fingerprint density at radius 1 is 1.42 bits per heavy atom. The maximum Gasteiger partial charge on any atom is 0.224 e. The molecule has 0 saturated heterocycles. The van der Waals surface area contributed by atoms with E-state index in [4.69, 9.17) is 10.9 Å². The minimum absolute atomic E-state index is 0.0117. The first-order chi connectivity index (χ1) is 9.17. The van der Waals surface area contributed by atoms with Gasteiger partial charge in [0, 0.05) is 12.1 Å². The van der Waals surface area contributed by atoms with Crippen LogP contribution in [0.4, 0.5) is 0 Å². The van der Waals surface area contributed by atoms with Crippen LogP contribution in [0.1, 0.15) is 17.5 Å². The molecule has 6 heteroatoms. The molecule has 1 amide bonds. The lowest BCUT2D eigenvalue weighted by atomic mass is 10.1. The van der Waals surface area contributed by atoms with Crippen LogP contribution in [0, 0.1) is 0 Å². The molecule has 19 heavy (non-hydrogen) atoms. The largest absolute Gasteiger partial charge is 0.409 e. The van der Waals surface area contributed by atoms with Crippen molar-refractivity contribution in [2.75, 3.05) is 18.6 Å². The van der Waals surface area contributed by atoms with Crippen LogP contribution in [0.2, 0.25) is 0 Å². The van der Waals surface area contributed by atoms with Gasteiger partial charge in [-0.3, -0.25) is 4.79 Å². The highest BCUT2D eigenvalue weighted by molar-refractivity contribution is 7.98. The minimum Gasteiger partial charge on any atom is -0.409 e. The number of carbonyl (C=O) groups is 1. The van der Waals surface area contributed by atoms with Gasteiger partial charge in [0.05, 0.1) is 6.42 Å². The molecule has 0 unspecified atom stereocenters. The summed E-state index contributed by atoms with van der Waals surface area (Å²) in [6.45, 7) is 0.710. The highest BCUT2D eigenvalue weighted by Gasteiger charge is 2.04. The van der Waals surface area contributed by atoms with Gasteiger partial charge >= 0.3 is 0 Å². The molecule has 4 N–H and O–H groups in total. The smallest absolute Gasteiger partial charge is 0.224 e. The van der Waals surface area contributed by atoms with Crippen molar-refractivity contribution in [2.45, 2.75) is 12.8 Å². The van der Waals surface area contributed by atoms with Gasteiger partial charge < -0.3 is 16.3 Å². The molecule has 0 atom stereocenters.